The minimum absolute atomic E-state index is 0.260. The van der Waals surface area contributed by atoms with Gasteiger partial charge in [-0.2, -0.15) is 0 Å². The van der Waals surface area contributed by atoms with Crippen molar-refractivity contribution in [2.75, 3.05) is 6.61 Å². The van der Waals surface area contributed by atoms with E-state index >= 15 is 0 Å². The zero-order valence-corrected chi connectivity index (χ0v) is 6.06. The van der Waals surface area contributed by atoms with Gasteiger partial charge in [0.05, 0.1) is 6.61 Å². The van der Waals surface area contributed by atoms with E-state index in [1.165, 1.54) is 0 Å². The molecule has 0 aromatic carbocycles. The van der Waals surface area contributed by atoms with Crippen LogP contribution < -0.4 is 0 Å². The molecule has 2 amide bonds. The highest BCUT2D eigenvalue weighted by Crippen LogP contribution is 2.15. The first kappa shape index (κ1) is 8.66. The Balaban J connectivity index is 2.72. The molecule has 1 heterocycles. The van der Waals surface area contributed by atoms with Crippen molar-refractivity contribution in [3.05, 3.63) is 0 Å². The molecule has 1 atom stereocenters. The number of carbonyl (C=O) groups is 3. The third-order valence-corrected chi connectivity index (χ3v) is 1.61. The van der Waals surface area contributed by atoms with Crippen LogP contribution in [0.5, 0.6) is 0 Å². The fraction of sp³-hybridized carbons (Fsp3) is 0.500. The van der Waals surface area contributed by atoms with Gasteiger partial charge in [0.25, 0.3) is 0 Å². The Morgan fingerprint density at radius 3 is 2.17 bits per heavy atom. The summed E-state index contributed by atoms with van der Waals surface area (Å²) in [5, 5.41) is 17.0. The highest BCUT2D eigenvalue weighted by Gasteiger charge is 2.42. The highest BCUT2D eigenvalue weighted by atomic mass is 16.4. The van der Waals surface area contributed by atoms with Crippen molar-refractivity contribution in [3.8, 4) is 0 Å². The number of hydrogen-bond donors (Lipinski definition) is 2. The Kier molecular flexibility index (Phi) is 2.09. The van der Waals surface area contributed by atoms with Crippen molar-refractivity contribution in [2.24, 2.45) is 0 Å². The predicted molar refractivity (Wildman–Crippen MR) is 35.0 cm³/mol. The van der Waals surface area contributed by atoms with Crippen LogP contribution in [-0.4, -0.2) is 45.5 Å². The van der Waals surface area contributed by atoms with Crippen LogP contribution in [-0.2, 0) is 14.4 Å². The third-order valence-electron chi connectivity index (χ3n) is 1.61. The molecular weight excluding hydrogens is 166 g/mol. The van der Waals surface area contributed by atoms with E-state index < -0.39 is 30.4 Å². The Bertz CT molecular complexity index is 234. The summed E-state index contributed by atoms with van der Waals surface area (Å²) in [6.07, 6.45) is -0.260. The fourth-order valence-electron chi connectivity index (χ4n) is 0.965. The molecule has 1 rings (SSSR count). The van der Waals surface area contributed by atoms with E-state index in [9.17, 15) is 14.4 Å². The quantitative estimate of drug-likeness (QED) is 0.387. The van der Waals surface area contributed by atoms with Crippen LogP contribution in [0.15, 0.2) is 0 Å². The number of carbonyl (C=O) groups excluding carboxylic acids is 2. The largest absolute Gasteiger partial charge is 0.480 e. The number of aliphatic carboxylic acids is 1. The molecule has 1 aliphatic heterocycles. The van der Waals surface area contributed by atoms with E-state index in [4.69, 9.17) is 10.2 Å². The molecule has 1 aliphatic rings. The maximum Gasteiger partial charge on any atom is 0.329 e. The number of hydrogen-bond acceptors (Lipinski definition) is 4. The summed E-state index contributed by atoms with van der Waals surface area (Å²) in [4.78, 5) is 32.3. The number of likely N-dealkylation sites (tertiary alicyclic amines) is 1. The van der Waals surface area contributed by atoms with Crippen LogP contribution in [0.4, 0.5) is 0 Å². The van der Waals surface area contributed by atoms with Gasteiger partial charge >= 0.3 is 5.97 Å². The molecule has 0 unspecified atom stereocenters. The van der Waals surface area contributed by atoms with Crippen molar-refractivity contribution < 1.29 is 24.6 Å². The van der Waals surface area contributed by atoms with Crippen LogP contribution in [0, 0.1) is 0 Å². The number of carboxylic acid groups (broad SMARTS) is 1. The second-order valence-corrected chi connectivity index (χ2v) is 2.37. The minimum atomic E-state index is -1.42. The Labute approximate surface area is 67.4 Å². The van der Waals surface area contributed by atoms with Crippen molar-refractivity contribution >= 4 is 17.8 Å². The number of carboxylic acids is 1. The van der Waals surface area contributed by atoms with Gasteiger partial charge in [-0.05, 0) is 0 Å². The number of amides is 2. The lowest BCUT2D eigenvalue weighted by Crippen LogP contribution is -2.58. The number of rotatable bonds is 3. The number of nitrogens with zero attached hydrogens (tertiary/aromatic N) is 1. The van der Waals surface area contributed by atoms with Gasteiger partial charge in [0.1, 0.15) is 6.42 Å². The molecule has 0 aromatic heterocycles. The zero-order valence-electron chi connectivity index (χ0n) is 6.06. The second kappa shape index (κ2) is 2.90. The van der Waals surface area contributed by atoms with Gasteiger partial charge in [-0.25, -0.2) is 4.79 Å². The Morgan fingerprint density at radius 2 is 2.00 bits per heavy atom. The second-order valence-electron chi connectivity index (χ2n) is 2.37. The molecule has 0 spiro atoms. The van der Waals surface area contributed by atoms with Gasteiger partial charge in [0.2, 0.25) is 11.8 Å². The summed E-state index contributed by atoms with van der Waals surface area (Å²) >= 11 is 0. The first-order valence-electron chi connectivity index (χ1n) is 3.26. The molecule has 2 N–H and O–H groups in total. The topological polar surface area (TPSA) is 94.9 Å². The summed E-state index contributed by atoms with van der Waals surface area (Å²) in [7, 11) is 0. The van der Waals surface area contributed by atoms with Gasteiger partial charge in [0.15, 0.2) is 6.04 Å². The molecule has 6 heteroatoms. The van der Waals surface area contributed by atoms with E-state index in [-0.39, 0.29) is 6.42 Å². The van der Waals surface area contributed by atoms with Crippen molar-refractivity contribution in [2.45, 2.75) is 12.5 Å². The lowest BCUT2D eigenvalue weighted by atomic mass is 10.1. The molecular formula is C6H7NO5. The third kappa shape index (κ3) is 1.16. The highest BCUT2D eigenvalue weighted by molar-refractivity contribution is 6.16. The van der Waals surface area contributed by atoms with E-state index in [0.29, 0.717) is 4.90 Å². The van der Waals surface area contributed by atoms with E-state index in [1.807, 2.05) is 0 Å². The lowest BCUT2D eigenvalue weighted by Gasteiger charge is -2.32. The maximum atomic E-state index is 10.7. The first-order chi connectivity index (χ1) is 5.57. The zero-order chi connectivity index (χ0) is 9.30. The molecule has 0 aliphatic carbocycles. The maximum absolute atomic E-state index is 10.7. The lowest BCUT2D eigenvalue weighted by molar-refractivity contribution is -0.169. The molecule has 6 nitrogen and oxygen atoms in total. The summed E-state index contributed by atoms with van der Waals surface area (Å²) in [5.41, 5.74) is 0. The minimum Gasteiger partial charge on any atom is -0.480 e. The monoisotopic (exact) mass is 173 g/mol. The normalized spacial score (nSPS) is 18.9. The van der Waals surface area contributed by atoms with Crippen LogP contribution in [0.2, 0.25) is 0 Å². The number of aliphatic hydroxyl groups excluding tert-OH is 1. The Morgan fingerprint density at radius 1 is 1.50 bits per heavy atom. The predicted octanol–water partition coefficient (Wildman–Crippen LogP) is -1.81. The van der Waals surface area contributed by atoms with Crippen LogP contribution in [0.25, 0.3) is 0 Å². The molecule has 0 radical (unpaired) electrons. The van der Waals surface area contributed by atoms with Crippen molar-refractivity contribution in [1.29, 1.82) is 0 Å². The SMILES string of the molecule is O=C(O)[C@H](CO)N1C(=O)CC1=O. The summed E-state index contributed by atoms with van der Waals surface area (Å²) in [6.45, 7) is -0.743. The van der Waals surface area contributed by atoms with Gasteiger partial charge in [-0.3, -0.25) is 14.5 Å². The summed E-state index contributed by atoms with van der Waals surface area (Å²) in [5.74, 6) is -2.48. The van der Waals surface area contributed by atoms with Gasteiger partial charge in [-0.1, -0.05) is 0 Å². The molecule has 66 valence electrons. The van der Waals surface area contributed by atoms with Gasteiger partial charge < -0.3 is 10.2 Å². The molecule has 1 fully saturated rings. The molecule has 0 bridgehead atoms. The molecule has 1 saturated heterocycles. The first-order valence-corrected chi connectivity index (χ1v) is 3.26. The summed E-state index contributed by atoms with van der Waals surface area (Å²) < 4.78 is 0. The van der Waals surface area contributed by atoms with Crippen LogP contribution in [0.3, 0.4) is 0 Å². The molecule has 0 saturated carbocycles. The van der Waals surface area contributed by atoms with Gasteiger partial charge in [-0.15, -0.1) is 0 Å². The van der Waals surface area contributed by atoms with E-state index in [1.54, 1.807) is 0 Å². The number of aliphatic hydroxyl groups is 1. The number of imide groups is 1. The number of β-lactam (4-membered cyclic amide) rings is 2. The fourth-order valence-corrected chi connectivity index (χ4v) is 0.965. The average molecular weight is 173 g/mol. The Hall–Kier alpha value is -1.43. The summed E-state index contributed by atoms with van der Waals surface area (Å²) in [6, 6.07) is -1.42. The average Bonchev–Trinajstić information content (AvgIpc) is 1.99. The van der Waals surface area contributed by atoms with Crippen LogP contribution >= 0.6 is 0 Å². The smallest absolute Gasteiger partial charge is 0.329 e. The van der Waals surface area contributed by atoms with Gasteiger partial charge in [0, 0.05) is 0 Å². The van der Waals surface area contributed by atoms with Crippen LogP contribution in [0.1, 0.15) is 6.42 Å². The van der Waals surface area contributed by atoms with Crippen molar-refractivity contribution in [3.63, 3.8) is 0 Å². The van der Waals surface area contributed by atoms with E-state index in [2.05, 4.69) is 0 Å². The van der Waals surface area contributed by atoms with E-state index in [0.717, 1.165) is 0 Å². The molecule has 12 heavy (non-hydrogen) atoms. The molecule has 0 aromatic rings. The van der Waals surface area contributed by atoms with Crippen molar-refractivity contribution in [1.82, 2.24) is 4.90 Å². The standard InChI is InChI=1S/C6H7NO5/c8-2-3(6(11)12)7-4(9)1-5(7)10/h3,8H,1-2H2,(H,11,12)/t3-/m0/s1.